The van der Waals surface area contributed by atoms with Crippen molar-refractivity contribution >= 4 is 23.8 Å². The lowest BCUT2D eigenvalue weighted by molar-refractivity contribution is -0.170. The highest BCUT2D eigenvalue weighted by Crippen LogP contribution is 2.15. The van der Waals surface area contributed by atoms with Crippen LogP contribution in [0.5, 0.6) is 0 Å². The lowest BCUT2D eigenvalue weighted by Crippen LogP contribution is -2.42. The molecule has 1 amide bonds. The van der Waals surface area contributed by atoms with Crippen LogP contribution in [0.1, 0.15) is 19.8 Å². The summed E-state index contributed by atoms with van der Waals surface area (Å²) in [4.78, 5) is 39.7. The predicted molar refractivity (Wildman–Crippen MR) is 52.0 cm³/mol. The molecule has 9 nitrogen and oxygen atoms in total. The molecular formula is C8H13NO8. The molecule has 0 bridgehead atoms. The zero-order valence-corrected chi connectivity index (χ0v) is 8.91. The van der Waals surface area contributed by atoms with E-state index in [9.17, 15) is 19.2 Å². The molecule has 0 radical (unpaired) electrons. The second-order valence-corrected chi connectivity index (χ2v) is 3.09. The van der Waals surface area contributed by atoms with Crippen LogP contribution < -0.4 is 5.73 Å². The molecular weight excluding hydrogens is 238 g/mol. The van der Waals surface area contributed by atoms with Crippen LogP contribution >= 0.6 is 0 Å². The van der Waals surface area contributed by atoms with E-state index in [4.69, 9.17) is 20.4 Å². The zero-order valence-electron chi connectivity index (χ0n) is 8.91. The summed E-state index contributed by atoms with van der Waals surface area (Å²) in [6.07, 6.45) is -2.29. The van der Waals surface area contributed by atoms with Gasteiger partial charge in [-0.3, -0.25) is 14.4 Å². The number of amides is 1. The van der Waals surface area contributed by atoms with Gasteiger partial charge in [0.2, 0.25) is 5.91 Å². The van der Waals surface area contributed by atoms with E-state index >= 15 is 0 Å². The van der Waals surface area contributed by atoms with Crippen LogP contribution in [-0.4, -0.2) is 49.8 Å². The number of primary amides is 1. The van der Waals surface area contributed by atoms with Crippen molar-refractivity contribution in [2.45, 2.75) is 25.4 Å². The van der Waals surface area contributed by atoms with E-state index in [1.807, 2.05) is 0 Å². The number of nitrogens with two attached hydrogens (primary N) is 1. The summed E-state index contributed by atoms with van der Waals surface area (Å²) >= 11 is 0. The number of carbonyl (C=O) groups is 4. The van der Waals surface area contributed by atoms with Crippen molar-refractivity contribution < 1.29 is 39.6 Å². The molecule has 6 N–H and O–H groups in total. The number of aliphatic carboxylic acids is 3. The van der Waals surface area contributed by atoms with Gasteiger partial charge >= 0.3 is 17.9 Å². The fourth-order valence-electron chi connectivity index (χ4n) is 0.714. The van der Waals surface area contributed by atoms with Gasteiger partial charge in [-0.1, -0.05) is 0 Å². The highest BCUT2D eigenvalue weighted by molar-refractivity contribution is 5.88. The van der Waals surface area contributed by atoms with E-state index < -0.39 is 36.4 Å². The van der Waals surface area contributed by atoms with Gasteiger partial charge in [0, 0.05) is 6.92 Å². The van der Waals surface area contributed by atoms with E-state index in [1.165, 1.54) is 6.92 Å². The van der Waals surface area contributed by atoms with Gasteiger partial charge in [0.05, 0.1) is 12.8 Å². The molecule has 9 heteroatoms. The van der Waals surface area contributed by atoms with E-state index in [1.54, 1.807) is 0 Å². The Morgan fingerprint density at radius 2 is 1.24 bits per heavy atom. The van der Waals surface area contributed by atoms with Gasteiger partial charge in [0.15, 0.2) is 5.60 Å². The van der Waals surface area contributed by atoms with Crippen LogP contribution in [0.4, 0.5) is 0 Å². The molecule has 0 spiro atoms. The van der Waals surface area contributed by atoms with Crippen LogP contribution in [-0.2, 0) is 19.2 Å². The normalized spacial score (nSPS) is 9.76. The second-order valence-electron chi connectivity index (χ2n) is 3.09. The molecule has 0 fully saturated rings. The van der Waals surface area contributed by atoms with Crippen LogP contribution in [0.25, 0.3) is 0 Å². The average molecular weight is 251 g/mol. The minimum absolute atomic E-state index is 0.333. The number of carbonyl (C=O) groups excluding carboxylic acids is 1. The molecule has 0 unspecified atom stereocenters. The summed E-state index contributed by atoms with van der Waals surface area (Å²) in [5, 5.41) is 33.8. The summed E-state index contributed by atoms with van der Waals surface area (Å²) in [7, 11) is 0. The Balaban J connectivity index is 0. The number of rotatable bonds is 5. The first-order valence-electron chi connectivity index (χ1n) is 4.16. The maximum absolute atomic E-state index is 10.3. The summed E-state index contributed by atoms with van der Waals surface area (Å²) in [5.74, 6) is -5.35. The van der Waals surface area contributed by atoms with Crippen molar-refractivity contribution in [3.63, 3.8) is 0 Å². The molecule has 0 aromatic carbocycles. The standard InChI is InChI=1S/C6H8O7.C2H5NO/c7-3(8)1-6(13,5(11)12)2-4(9)10;1-2(3)4/h13H,1-2H2,(H,7,8)(H,9,10)(H,11,12);1H3,(H2,3,4). The van der Waals surface area contributed by atoms with Gasteiger partial charge in [-0.15, -0.1) is 0 Å². The van der Waals surface area contributed by atoms with E-state index in [0.29, 0.717) is 0 Å². The van der Waals surface area contributed by atoms with Crippen LogP contribution in [0, 0.1) is 0 Å². The zero-order chi connectivity index (χ0) is 14.2. The fraction of sp³-hybridized carbons (Fsp3) is 0.500. The summed E-state index contributed by atoms with van der Waals surface area (Å²) in [5.41, 5.74) is 1.73. The smallest absolute Gasteiger partial charge is 0.336 e. The molecule has 0 saturated heterocycles. The number of carboxylic acid groups (broad SMARTS) is 3. The van der Waals surface area contributed by atoms with E-state index in [2.05, 4.69) is 5.73 Å². The Hall–Kier alpha value is -2.16. The monoisotopic (exact) mass is 251 g/mol. The molecule has 98 valence electrons. The van der Waals surface area contributed by atoms with Crippen molar-refractivity contribution in [3.05, 3.63) is 0 Å². The molecule has 0 heterocycles. The first-order chi connectivity index (χ1) is 7.51. The Morgan fingerprint density at radius 1 is 1.00 bits per heavy atom. The molecule has 0 aliphatic rings. The Labute approximate surface area is 95.5 Å². The number of carboxylic acids is 3. The minimum Gasteiger partial charge on any atom is -0.481 e. The van der Waals surface area contributed by atoms with Crippen molar-refractivity contribution in [2.75, 3.05) is 0 Å². The number of hydrogen-bond donors (Lipinski definition) is 5. The van der Waals surface area contributed by atoms with Gasteiger partial charge in [-0.2, -0.15) is 0 Å². The van der Waals surface area contributed by atoms with Crippen LogP contribution in [0.3, 0.4) is 0 Å². The molecule has 17 heavy (non-hydrogen) atoms. The number of aliphatic hydroxyl groups is 1. The Bertz CT molecular complexity index is 303. The van der Waals surface area contributed by atoms with Gasteiger partial charge in [-0.25, -0.2) is 4.79 Å². The topological polar surface area (TPSA) is 175 Å². The van der Waals surface area contributed by atoms with Crippen molar-refractivity contribution in [1.29, 1.82) is 0 Å². The Morgan fingerprint density at radius 3 is 1.35 bits per heavy atom. The number of hydrogen-bond acceptors (Lipinski definition) is 5. The first kappa shape index (κ1) is 17.2. The molecule has 0 aromatic rings. The predicted octanol–water partition coefficient (Wildman–Crippen LogP) is -1.76. The molecule has 0 atom stereocenters. The molecule has 0 aliphatic heterocycles. The van der Waals surface area contributed by atoms with Gasteiger partial charge in [0.1, 0.15) is 0 Å². The van der Waals surface area contributed by atoms with Gasteiger partial charge in [0.25, 0.3) is 0 Å². The van der Waals surface area contributed by atoms with E-state index in [0.717, 1.165) is 0 Å². The lowest BCUT2D eigenvalue weighted by atomic mass is 9.96. The molecule has 0 aromatic heterocycles. The van der Waals surface area contributed by atoms with E-state index in [-0.39, 0.29) is 5.91 Å². The summed E-state index contributed by atoms with van der Waals surface area (Å²) in [6, 6.07) is 0. The third kappa shape index (κ3) is 10.1. The Kier molecular flexibility index (Phi) is 7.27. The maximum Gasteiger partial charge on any atom is 0.336 e. The summed E-state index contributed by atoms with van der Waals surface area (Å²) in [6.45, 7) is 1.31. The van der Waals surface area contributed by atoms with Gasteiger partial charge in [-0.05, 0) is 0 Å². The third-order valence-electron chi connectivity index (χ3n) is 1.29. The SMILES string of the molecule is CC(N)=O.O=C(O)CC(O)(CC(=O)O)C(=O)O. The molecule has 0 aliphatic carbocycles. The highest BCUT2D eigenvalue weighted by atomic mass is 16.4. The average Bonchev–Trinajstić information content (AvgIpc) is 1.98. The van der Waals surface area contributed by atoms with Gasteiger partial charge < -0.3 is 26.2 Å². The first-order valence-corrected chi connectivity index (χ1v) is 4.16. The van der Waals surface area contributed by atoms with Crippen molar-refractivity contribution in [2.24, 2.45) is 5.73 Å². The quantitative estimate of drug-likeness (QED) is 0.381. The van der Waals surface area contributed by atoms with Crippen molar-refractivity contribution in [1.82, 2.24) is 0 Å². The fourth-order valence-corrected chi connectivity index (χ4v) is 0.714. The summed E-state index contributed by atoms with van der Waals surface area (Å²) < 4.78 is 0. The molecule has 0 saturated carbocycles. The highest BCUT2D eigenvalue weighted by Gasteiger charge is 2.40. The molecule has 0 rings (SSSR count). The van der Waals surface area contributed by atoms with Crippen LogP contribution in [0.2, 0.25) is 0 Å². The lowest BCUT2D eigenvalue weighted by Gasteiger charge is -2.18. The van der Waals surface area contributed by atoms with Crippen LogP contribution in [0.15, 0.2) is 0 Å². The van der Waals surface area contributed by atoms with Crippen molar-refractivity contribution in [3.8, 4) is 0 Å². The largest absolute Gasteiger partial charge is 0.481 e. The maximum atomic E-state index is 10.3. The second kappa shape index (κ2) is 7.17. The third-order valence-corrected chi connectivity index (χ3v) is 1.29. The minimum atomic E-state index is -2.74.